The van der Waals surface area contributed by atoms with Crippen LogP contribution in [0.2, 0.25) is 0 Å². The summed E-state index contributed by atoms with van der Waals surface area (Å²) >= 11 is 0. The number of fused-ring (bicyclic) bond motifs is 2. The topological polar surface area (TPSA) is 47.3 Å². The number of aromatic nitrogens is 1. The molecule has 3 atom stereocenters. The fraction of sp³-hybridized carbons (Fsp3) is 0.750. The molecule has 1 N–H and O–H groups in total. The Hall–Kier alpha value is -0.870. The van der Waals surface area contributed by atoms with Crippen LogP contribution in [-0.4, -0.2) is 23.2 Å². The highest BCUT2D eigenvalue weighted by Crippen LogP contribution is 2.34. The Balaban J connectivity index is 1.57. The molecule has 3 heterocycles. The molecule has 2 aliphatic heterocycles. The minimum absolute atomic E-state index is 0.419. The van der Waals surface area contributed by atoms with Gasteiger partial charge in [-0.2, -0.15) is 0 Å². The zero-order valence-electron chi connectivity index (χ0n) is 9.82. The highest BCUT2D eigenvalue weighted by molar-refractivity contribution is 5.05. The van der Waals surface area contributed by atoms with Crippen LogP contribution in [0.1, 0.15) is 36.6 Å². The van der Waals surface area contributed by atoms with Gasteiger partial charge >= 0.3 is 0 Å². The monoisotopic (exact) mass is 222 g/mol. The number of oxazole rings is 1. The first kappa shape index (κ1) is 10.3. The van der Waals surface area contributed by atoms with Crippen LogP contribution in [0.25, 0.3) is 0 Å². The van der Waals surface area contributed by atoms with Gasteiger partial charge in [0.1, 0.15) is 5.76 Å². The van der Waals surface area contributed by atoms with Crippen LogP contribution in [0.5, 0.6) is 0 Å². The molecule has 2 aliphatic rings. The first-order chi connectivity index (χ1) is 7.72. The van der Waals surface area contributed by atoms with Gasteiger partial charge < -0.3 is 14.5 Å². The maximum absolute atomic E-state index is 5.79. The van der Waals surface area contributed by atoms with Crippen molar-refractivity contribution in [1.82, 2.24) is 10.3 Å². The minimum atomic E-state index is 0.419. The Bertz CT molecular complexity index is 369. The van der Waals surface area contributed by atoms with Gasteiger partial charge in [0.25, 0.3) is 0 Å². The molecule has 0 radical (unpaired) electrons. The number of nitrogens with one attached hydrogen (secondary N) is 1. The van der Waals surface area contributed by atoms with Crippen molar-refractivity contribution in [2.24, 2.45) is 0 Å². The highest BCUT2D eigenvalue weighted by Gasteiger charge is 2.40. The van der Waals surface area contributed by atoms with Crippen LogP contribution in [-0.2, 0) is 11.3 Å². The van der Waals surface area contributed by atoms with Crippen LogP contribution in [0.3, 0.4) is 0 Å². The molecule has 3 unspecified atom stereocenters. The van der Waals surface area contributed by atoms with Crippen molar-refractivity contribution < 1.29 is 9.15 Å². The van der Waals surface area contributed by atoms with E-state index >= 15 is 0 Å². The van der Waals surface area contributed by atoms with Crippen LogP contribution < -0.4 is 5.32 Å². The van der Waals surface area contributed by atoms with Crippen LogP contribution >= 0.6 is 0 Å². The smallest absolute Gasteiger partial charge is 0.208 e. The van der Waals surface area contributed by atoms with Crippen LogP contribution in [0, 0.1) is 13.8 Å². The van der Waals surface area contributed by atoms with Gasteiger partial charge in [0.2, 0.25) is 5.89 Å². The Labute approximate surface area is 95.4 Å². The van der Waals surface area contributed by atoms with Crippen LogP contribution in [0.15, 0.2) is 4.42 Å². The molecule has 0 amide bonds. The quantitative estimate of drug-likeness (QED) is 0.845. The molecule has 1 aromatic rings. The first-order valence-electron chi connectivity index (χ1n) is 6.04. The van der Waals surface area contributed by atoms with Gasteiger partial charge in [0.15, 0.2) is 0 Å². The van der Waals surface area contributed by atoms with E-state index in [4.69, 9.17) is 9.15 Å². The summed E-state index contributed by atoms with van der Waals surface area (Å²) < 4.78 is 11.3. The number of aryl methyl sites for hydroxylation is 2. The number of hydrogen-bond donors (Lipinski definition) is 1. The van der Waals surface area contributed by atoms with Gasteiger partial charge in [-0.25, -0.2) is 4.98 Å². The molecule has 0 aromatic carbocycles. The fourth-order valence-electron chi connectivity index (χ4n) is 2.69. The standard InChI is InChI=1S/C12H18N2O2/c1-7-8(2)15-12(14-7)6-13-10-5-9-3-4-11(10)16-9/h9-11,13H,3-6H2,1-2H3. The van der Waals surface area contributed by atoms with Crippen molar-refractivity contribution in [3.05, 3.63) is 17.3 Å². The summed E-state index contributed by atoms with van der Waals surface area (Å²) in [5.74, 6) is 1.71. The SMILES string of the molecule is Cc1nc(CNC2CC3CCC2O3)oc1C. The summed E-state index contributed by atoms with van der Waals surface area (Å²) in [5, 5.41) is 3.49. The van der Waals surface area contributed by atoms with E-state index in [0.717, 1.165) is 23.8 Å². The Morgan fingerprint density at radius 2 is 2.25 bits per heavy atom. The Morgan fingerprint density at radius 3 is 2.81 bits per heavy atom. The molecule has 4 nitrogen and oxygen atoms in total. The largest absolute Gasteiger partial charge is 0.444 e. The molecule has 1 aromatic heterocycles. The molecule has 0 spiro atoms. The van der Waals surface area contributed by atoms with Gasteiger partial charge in [-0.1, -0.05) is 0 Å². The van der Waals surface area contributed by atoms with Gasteiger partial charge in [0, 0.05) is 6.04 Å². The van der Waals surface area contributed by atoms with Crippen molar-refractivity contribution in [1.29, 1.82) is 0 Å². The second kappa shape index (κ2) is 3.86. The molecular formula is C12H18N2O2. The predicted octanol–water partition coefficient (Wildman–Crippen LogP) is 1.70. The van der Waals surface area contributed by atoms with Crippen LogP contribution in [0.4, 0.5) is 0 Å². The van der Waals surface area contributed by atoms with E-state index < -0.39 is 0 Å². The summed E-state index contributed by atoms with van der Waals surface area (Å²) in [6, 6.07) is 0.492. The van der Waals surface area contributed by atoms with E-state index in [2.05, 4.69) is 10.3 Å². The minimum Gasteiger partial charge on any atom is -0.444 e. The molecule has 16 heavy (non-hydrogen) atoms. The fourth-order valence-corrected chi connectivity index (χ4v) is 2.69. The summed E-state index contributed by atoms with van der Waals surface area (Å²) in [4.78, 5) is 4.36. The van der Waals surface area contributed by atoms with Gasteiger partial charge in [-0.3, -0.25) is 0 Å². The second-order valence-corrected chi connectivity index (χ2v) is 4.85. The lowest BCUT2D eigenvalue weighted by Crippen LogP contribution is -2.37. The van der Waals surface area contributed by atoms with Gasteiger partial charge in [-0.05, 0) is 33.1 Å². The second-order valence-electron chi connectivity index (χ2n) is 4.85. The molecule has 4 heteroatoms. The van der Waals surface area contributed by atoms with E-state index in [1.807, 2.05) is 13.8 Å². The molecule has 88 valence electrons. The summed E-state index contributed by atoms with van der Waals surface area (Å²) in [6.45, 7) is 4.64. The molecule has 0 saturated carbocycles. The maximum Gasteiger partial charge on any atom is 0.208 e. The van der Waals surface area contributed by atoms with E-state index in [0.29, 0.717) is 24.8 Å². The van der Waals surface area contributed by atoms with Gasteiger partial charge in [0.05, 0.1) is 24.4 Å². The third-order valence-electron chi connectivity index (χ3n) is 3.69. The third-order valence-corrected chi connectivity index (χ3v) is 3.69. The average molecular weight is 222 g/mol. The molecule has 2 saturated heterocycles. The summed E-state index contributed by atoms with van der Waals surface area (Å²) in [6.07, 6.45) is 4.49. The van der Waals surface area contributed by atoms with Crippen molar-refractivity contribution in [2.45, 2.75) is 57.9 Å². The van der Waals surface area contributed by atoms with Crippen molar-refractivity contribution in [3.63, 3.8) is 0 Å². The molecular weight excluding hydrogens is 204 g/mol. The average Bonchev–Trinajstić information content (AvgIpc) is 2.92. The summed E-state index contributed by atoms with van der Waals surface area (Å²) in [7, 11) is 0. The van der Waals surface area contributed by atoms with E-state index in [1.54, 1.807) is 0 Å². The van der Waals surface area contributed by atoms with Gasteiger partial charge in [-0.15, -0.1) is 0 Å². The summed E-state index contributed by atoms with van der Waals surface area (Å²) in [5.41, 5.74) is 0.987. The first-order valence-corrected chi connectivity index (χ1v) is 6.04. The molecule has 3 rings (SSSR count). The van der Waals surface area contributed by atoms with Crippen molar-refractivity contribution in [3.8, 4) is 0 Å². The van der Waals surface area contributed by atoms with Crippen molar-refractivity contribution >= 4 is 0 Å². The van der Waals surface area contributed by atoms with Crippen molar-refractivity contribution in [2.75, 3.05) is 0 Å². The lowest BCUT2D eigenvalue weighted by Gasteiger charge is -2.18. The highest BCUT2D eigenvalue weighted by atomic mass is 16.5. The number of hydrogen-bond acceptors (Lipinski definition) is 4. The maximum atomic E-state index is 5.79. The zero-order valence-corrected chi connectivity index (χ0v) is 9.82. The Kier molecular flexibility index (Phi) is 2.48. The van der Waals surface area contributed by atoms with E-state index in [1.165, 1.54) is 12.8 Å². The molecule has 2 bridgehead atoms. The van der Waals surface area contributed by atoms with E-state index in [9.17, 15) is 0 Å². The predicted molar refractivity (Wildman–Crippen MR) is 59.1 cm³/mol. The molecule has 2 fully saturated rings. The lowest BCUT2D eigenvalue weighted by molar-refractivity contribution is 0.0970. The Morgan fingerprint density at radius 1 is 1.38 bits per heavy atom. The third kappa shape index (κ3) is 1.76. The van der Waals surface area contributed by atoms with E-state index in [-0.39, 0.29) is 0 Å². The molecule has 0 aliphatic carbocycles. The lowest BCUT2D eigenvalue weighted by atomic mass is 9.95. The number of rotatable bonds is 3. The zero-order chi connectivity index (χ0) is 11.1. The number of nitrogens with zero attached hydrogens (tertiary/aromatic N) is 1. The normalized spacial score (nSPS) is 32.5. The number of ether oxygens (including phenoxy) is 1.